The third-order valence-corrected chi connectivity index (χ3v) is 5.43. The van der Waals surface area contributed by atoms with E-state index in [9.17, 15) is 14.4 Å². The Morgan fingerprint density at radius 3 is 2.83 bits per heavy atom. The number of hydrogen-bond acceptors (Lipinski definition) is 5. The molecular formula is C21H19N3O5. The zero-order valence-electron chi connectivity index (χ0n) is 15.6. The predicted octanol–water partition coefficient (Wildman–Crippen LogP) is 2.29. The number of fused-ring (bicyclic) bond motifs is 2. The van der Waals surface area contributed by atoms with Gasteiger partial charge in [0.25, 0.3) is 0 Å². The van der Waals surface area contributed by atoms with E-state index in [2.05, 4.69) is 10.6 Å². The van der Waals surface area contributed by atoms with Crippen LogP contribution in [0.2, 0.25) is 0 Å². The maximum absolute atomic E-state index is 12.7. The number of amides is 3. The van der Waals surface area contributed by atoms with Crippen LogP contribution in [-0.4, -0.2) is 31.1 Å². The Hall–Kier alpha value is -3.55. The van der Waals surface area contributed by atoms with Crippen LogP contribution in [0.15, 0.2) is 36.4 Å². The molecule has 0 bridgehead atoms. The first-order chi connectivity index (χ1) is 14.1. The van der Waals surface area contributed by atoms with Gasteiger partial charge in [0, 0.05) is 42.5 Å². The van der Waals surface area contributed by atoms with E-state index in [4.69, 9.17) is 9.47 Å². The van der Waals surface area contributed by atoms with Gasteiger partial charge in [-0.1, -0.05) is 0 Å². The summed E-state index contributed by atoms with van der Waals surface area (Å²) in [7, 11) is 0. The molecule has 1 fully saturated rings. The molecule has 29 heavy (non-hydrogen) atoms. The standard InChI is InChI=1S/C21H19N3O5/c25-19-6-1-12-7-14(2-4-16(12)23-19)22-21(27)13-8-20(26)24(10-13)15-3-5-17-18(9-15)29-11-28-17/h2-5,7,9,13H,1,6,8,10-11H2,(H,22,27)(H,23,25). The van der Waals surface area contributed by atoms with E-state index in [1.165, 1.54) is 0 Å². The summed E-state index contributed by atoms with van der Waals surface area (Å²) < 4.78 is 10.7. The molecule has 2 N–H and O–H groups in total. The van der Waals surface area contributed by atoms with Crippen LogP contribution >= 0.6 is 0 Å². The van der Waals surface area contributed by atoms with Gasteiger partial charge in [0.1, 0.15) is 0 Å². The number of carbonyl (C=O) groups excluding carboxylic acids is 3. The van der Waals surface area contributed by atoms with E-state index in [-0.39, 0.29) is 30.9 Å². The molecule has 8 nitrogen and oxygen atoms in total. The fourth-order valence-electron chi connectivity index (χ4n) is 3.89. The first kappa shape index (κ1) is 17.5. The molecule has 1 saturated heterocycles. The smallest absolute Gasteiger partial charge is 0.231 e. The van der Waals surface area contributed by atoms with E-state index < -0.39 is 5.92 Å². The maximum Gasteiger partial charge on any atom is 0.231 e. The summed E-state index contributed by atoms with van der Waals surface area (Å²) in [4.78, 5) is 38.3. The average molecular weight is 393 g/mol. The number of carbonyl (C=O) groups is 3. The van der Waals surface area contributed by atoms with Gasteiger partial charge in [-0.15, -0.1) is 0 Å². The quantitative estimate of drug-likeness (QED) is 0.834. The molecular weight excluding hydrogens is 374 g/mol. The molecule has 2 aromatic rings. The van der Waals surface area contributed by atoms with Crippen LogP contribution < -0.4 is 25.0 Å². The minimum absolute atomic E-state index is 0.00219. The highest BCUT2D eigenvalue weighted by molar-refractivity contribution is 6.04. The number of anilines is 3. The van der Waals surface area contributed by atoms with Gasteiger partial charge in [-0.3, -0.25) is 14.4 Å². The first-order valence-corrected chi connectivity index (χ1v) is 9.50. The third kappa shape index (κ3) is 3.26. The first-order valence-electron chi connectivity index (χ1n) is 9.50. The molecule has 0 radical (unpaired) electrons. The van der Waals surface area contributed by atoms with Crippen molar-refractivity contribution in [2.75, 3.05) is 28.9 Å². The molecule has 5 rings (SSSR count). The fraction of sp³-hybridized carbons (Fsp3) is 0.286. The fourth-order valence-corrected chi connectivity index (χ4v) is 3.89. The van der Waals surface area contributed by atoms with E-state index in [1.807, 2.05) is 6.07 Å². The Bertz CT molecular complexity index is 1030. The number of benzene rings is 2. The van der Waals surface area contributed by atoms with Gasteiger partial charge in [0.05, 0.1) is 5.92 Å². The van der Waals surface area contributed by atoms with Crippen LogP contribution in [0.25, 0.3) is 0 Å². The van der Waals surface area contributed by atoms with Crippen molar-refractivity contribution in [1.29, 1.82) is 0 Å². The summed E-state index contributed by atoms with van der Waals surface area (Å²) >= 11 is 0. The number of nitrogens with one attached hydrogen (secondary N) is 2. The van der Waals surface area contributed by atoms with Crippen molar-refractivity contribution in [2.24, 2.45) is 5.92 Å². The van der Waals surface area contributed by atoms with Crippen molar-refractivity contribution in [1.82, 2.24) is 0 Å². The van der Waals surface area contributed by atoms with Crippen molar-refractivity contribution in [3.63, 3.8) is 0 Å². The second kappa shape index (κ2) is 6.80. The van der Waals surface area contributed by atoms with Crippen molar-refractivity contribution in [2.45, 2.75) is 19.3 Å². The lowest BCUT2D eigenvalue weighted by Gasteiger charge is -2.19. The van der Waals surface area contributed by atoms with Crippen LogP contribution in [0, 0.1) is 5.92 Å². The largest absolute Gasteiger partial charge is 0.454 e. The lowest BCUT2D eigenvalue weighted by atomic mass is 10.0. The number of hydrogen-bond donors (Lipinski definition) is 2. The highest BCUT2D eigenvalue weighted by Crippen LogP contribution is 2.37. The molecule has 1 atom stereocenters. The second-order valence-corrected chi connectivity index (χ2v) is 7.35. The van der Waals surface area contributed by atoms with Gasteiger partial charge in [-0.2, -0.15) is 0 Å². The van der Waals surface area contributed by atoms with Crippen molar-refractivity contribution in [3.8, 4) is 11.5 Å². The number of ether oxygens (including phenoxy) is 2. The van der Waals surface area contributed by atoms with Gasteiger partial charge in [-0.25, -0.2) is 0 Å². The SMILES string of the molecule is O=C1CCc2cc(NC(=O)C3CC(=O)N(c4ccc5c(c4)OCO5)C3)ccc2N1. The third-order valence-electron chi connectivity index (χ3n) is 5.43. The summed E-state index contributed by atoms with van der Waals surface area (Å²) in [6.45, 7) is 0.480. The van der Waals surface area contributed by atoms with E-state index in [0.29, 0.717) is 42.3 Å². The lowest BCUT2D eigenvalue weighted by Crippen LogP contribution is -2.28. The zero-order valence-corrected chi connectivity index (χ0v) is 15.6. The van der Waals surface area contributed by atoms with Crippen LogP contribution in [0.4, 0.5) is 17.1 Å². The summed E-state index contributed by atoms with van der Waals surface area (Å²) in [6, 6.07) is 10.8. The Morgan fingerprint density at radius 1 is 1.07 bits per heavy atom. The zero-order chi connectivity index (χ0) is 20.0. The summed E-state index contributed by atoms with van der Waals surface area (Å²) in [6.07, 6.45) is 1.23. The monoisotopic (exact) mass is 393 g/mol. The second-order valence-electron chi connectivity index (χ2n) is 7.35. The van der Waals surface area contributed by atoms with Crippen LogP contribution in [0.5, 0.6) is 11.5 Å². The van der Waals surface area contributed by atoms with Gasteiger partial charge in [0.15, 0.2) is 11.5 Å². The molecule has 0 spiro atoms. The lowest BCUT2D eigenvalue weighted by molar-refractivity contribution is -0.122. The van der Waals surface area contributed by atoms with Crippen LogP contribution in [0.3, 0.4) is 0 Å². The topological polar surface area (TPSA) is 97.0 Å². The van der Waals surface area contributed by atoms with E-state index in [0.717, 1.165) is 11.3 Å². The molecule has 0 saturated carbocycles. The molecule has 148 valence electrons. The normalized spacial score (nSPS) is 19.7. The van der Waals surface area contributed by atoms with Gasteiger partial charge < -0.3 is 25.0 Å². The van der Waals surface area contributed by atoms with Gasteiger partial charge >= 0.3 is 0 Å². The molecule has 3 amide bonds. The van der Waals surface area contributed by atoms with Crippen LogP contribution in [0.1, 0.15) is 18.4 Å². The van der Waals surface area contributed by atoms with Crippen molar-refractivity contribution >= 4 is 34.8 Å². The molecule has 3 heterocycles. The number of rotatable bonds is 3. The van der Waals surface area contributed by atoms with E-state index in [1.54, 1.807) is 35.2 Å². The minimum Gasteiger partial charge on any atom is -0.454 e. The van der Waals surface area contributed by atoms with Crippen molar-refractivity contribution in [3.05, 3.63) is 42.0 Å². The Labute approximate surface area is 166 Å². The average Bonchev–Trinajstić information content (AvgIpc) is 3.34. The van der Waals surface area contributed by atoms with E-state index >= 15 is 0 Å². The van der Waals surface area contributed by atoms with Gasteiger partial charge in [0.2, 0.25) is 24.5 Å². The summed E-state index contributed by atoms with van der Waals surface area (Å²) in [5.74, 6) is 0.521. The minimum atomic E-state index is -0.441. The molecule has 0 aliphatic carbocycles. The van der Waals surface area contributed by atoms with Gasteiger partial charge in [-0.05, 0) is 42.3 Å². The summed E-state index contributed by atoms with van der Waals surface area (Å²) in [5.41, 5.74) is 3.13. The Morgan fingerprint density at radius 2 is 1.93 bits per heavy atom. The molecule has 3 aliphatic heterocycles. The highest BCUT2D eigenvalue weighted by atomic mass is 16.7. The van der Waals surface area contributed by atoms with Crippen molar-refractivity contribution < 1.29 is 23.9 Å². The Balaban J connectivity index is 1.28. The van der Waals surface area contributed by atoms with Crippen LogP contribution in [-0.2, 0) is 20.8 Å². The molecule has 8 heteroatoms. The molecule has 1 unspecified atom stereocenters. The highest BCUT2D eigenvalue weighted by Gasteiger charge is 2.35. The predicted molar refractivity (Wildman–Crippen MR) is 105 cm³/mol. The maximum atomic E-state index is 12.7. The number of aryl methyl sites for hydroxylation is 1. The molecule has 3 aliphatic rings. The molecule has 0 aromatic heterocycles. The Kier molecular flexibility index (Phi) is 4.12. The number of nitrogens with zero attached hydrogens (tertiary/aromatic N) is 1. The molecule has 2 aromatic carbocycles. The summed E-state index contributed by atoms with van der Waals surface area (Å²) in [5, 5.41) is 5.73.